The fourth-order valence-corrected chi connectivity index (χ4v) is 3.04. The molecule has 0 atom stereocenters. The zero-order valence-corrected chi connectivity index (χ0v) is 14.7. The molecule has 0 unspecified atom stereocenters. The van der Waals surface area contributed by atoms with Gasteiger partial charge in [-0.25, -0.2) is 18.9 Å². The Morgan fingerprint density at radius 2 is 1.93 bits per heavy atom. The quantitative estimate of drug-likeness (QED) is 0.516. The Hall–Kier alpha value is -3.06. The summed E-state index contributed by atoms with van der Waals surface area (Å²) in [6.07, 6.45) is 2.45. The minimum Gasteiger partial charge on any atom is -0.289 e. The highest BCUT2D eigenvalue weighted by molar-refractivity contribution is 5.77. The van der Waals surface area contributed by atoms with Crippen LogP contribution in [0.15, 0.2) is 48.7 Å². The van der Waals surface area contributed by atoms with Crippen LogP contribution in [-0.4, -0.2) is 20.9 Å². The number of hydrogen-bond donors (Lipinski definition) is 2. The summed E-state index contributed by atoms with van der Waals surface area (Å²) in [5, 5.41) is 13.1. The number of carbonyl (C=O) groups is 1. The molecule has 5 nitrogen and oxygen atoms in total. The van der Waals surface area contributed by atoms with Crippen molar-refractivity contribution in [1.82, 2.24) is 15.3 Å². The van der Waals surface area contributed by atoms with Crippen molar-refractivity contribution in [2.45, 2.75) is 26.2 Å². The smallest absolute Gasteiger partial charge is 0.247 e. The summed E-state index contributed by atoms with van der Waals surface area (Å²) >= 11 is 0. The van der Waals surface area contributed by atoms with Gasteiger partial charge in [-0.2, -0.15) is 5.10 Å². The third-order valence-electron chi connectivity index (χ3n) is 4.49. The zero-order valence-electron chi connectivity index (χ0n) is 14.7. The van der Waals surface area contributed by atoms with Gasteiger partial charge < -0.3 is 0 Å². The lowest BCUT2D eigenvalue weighted by Crippen LogP contribution is -2.21. The molecule has 2 N–H and O–H groups in total. The van der Waals surface area contributed by atoms with Crippen LogP contribution in [-0.2, 0) is 24.1 Å². The summed E-state index contributed by atoms with van der Waals surface area (Å²) in [5.41, 5.74) is 4.86. The van der Waals surface area contributed by atoms with E-state index in [0.29, 0.717) is 35.3 Å². The van der Waals surface area contributed by atoms with Gasteiger partial charge >= 0.3 is 0 Å². The SMILES string of the molecule is Cc1c(F)cccc1CCc1c(CC(=O)NO)cnn1-c1cccc(F)c1. The normalized spacial score (nSPS) is 10.8. The fraction of sp³-hybridized carbons (Fsp3) is 0.200. The average molecular weight is 371 g/mol. The van der Waals surface area contributed by atoms with Crippen LogP contribution in [0.5, 0.6) is 0 Å². The van der Waals surface area contributed by atoms with Gasteiger partial charge in [-0.05, 0) is 55.2 Å². The molecule has 3 rings (SSSR count). The maximum Gasteiger partial charge on any atom is 0.247 e. The van der Waals surface area contributed by atoms with Gasteiger partial charge in [0.2, 0.25) is 5.91 Å². The minimum absolute atomic E-state index is 0.0662. The van der Waals surface area contributed by atoms with Crippen molar-refractivity contribution < 1.29 is 18.8 Å². The molecule has 7 heteroatoms. The molecule has 0 spiro atoms. The van der Waals surface area contributed by atoms with Gasteiger partial charge in [-0.3, -0.25) is 10.0 Å². The van der Waals surface area contributed by atoms with E-state index in [4.69, 9.17) is 5.21 Å². The lowest BCUT2D eigenvalue weighted by molar-refractivity contribution is -0.128. The van der Waals surface area contributed by atoms with Gasteiger partial charge in [0.25, 0.3) is 0 Å². The molecular weight excluding hydrogens is 352 g/mol. The van der Waals surface area contributed by atoms with E-state index in [2.05, 4.69) is 5.10 Å². The first-order chi connectivity index (χ1) is 13.0. The Labute approximate surface area is 155 Å². The molecule has 0 radical (unpaired) electrons. The zero-order chi connectivity index (χ0) is 19.4. The molecule has 2 aromatic carbocycles. The number of nitrogens with one attached hydrogen (secondary N) is 1. The summed E-state index contributed by atoms with van der Waals surface area (Å²) in [4.78, 5) is 11.6. The molecule has 140 valence electrons. The maximum atomic E-state index is 13.8. The highest BCUT2D eigenvalue weighted by atomic mass is 19.1. The van der Waals surface area contributed by atoms with E-state index in [9.17, 15) is 13.6 Å². The van der Waals surface area contributed by atoms with Gasteiger partial charge in [-0.1, -0.05) is 18.2 Å². The number of rotatable bonds is 6. The Bertz CT molecular complexity index is 970. The highest BCUT2D eigenvalue weighted by Gasteiger charge is 2.16. The number of carbonyl (C=O) groups excluding carboxylic acids is 1. The minimum atomic E-state index is -0.572. The van der Waals surface area contributed by atoms with Crippen molar-refractivity contribution in [2.24, 2.45) is 0 Å². The van der Waals surface area contributed by atoms with Crippen LogP contribution in [0.25, 0.3) is 5.69 Å². The number of nitrogens with zero attached hydrogens (tertiary/aromatic N) is 2. The van der Waals surface area contributed by atoms with E-state index in [1.165, 1.54) is 24.4 Å². The summed E-state index contributed by atoms with van der Waals surface area (Å²) in [5.74, 6) is -1.24. The maximum absolute atomic E-state index is 13.8. The second kappa shape index (κ2) is 8.09. The Balaban J connectivity index is 1.96. The van der Waals surface area contributed by atoms with Crippen LogP contribution in [0.1, 0.15) is 22.4 Å². The largest absolute Gasteiger partial charge is 0.289 e. The van der Waals surface area contributed by atoms with Crippen LogP contribution in [0.3, 0.4) is 0 Å². The number of aromatic nitrogens is 2. The van der Waals surface area contributed by atoms with Crippen molar-refractivity contribution >= 4 is 5.91 Å². The predicted octanol–water partition coefficient (Wildman–Crippen LogP) is 3.29. The second-order valence-corrected chi connectivity index (χ2v) is 6.24. The van der Waals surface area contributed by atoms with Gasteiger partial charge in [0.1, 0.15) is 11.6 Å². The van der Waals surface area contributed by atoms with E-state index in [-0.39, 0.29) is 12.2 Å². The molecule has 0 aliphatic carbocycles. The number of hydroxylamine groups is 1. The summed E-state index contributed by atoms with van der Waals surface area (Å²) in [6.45, 7) is 1.72. The number of benzene rings is 2. The molecule has 0 saturated heterocycles. The number of amides is 1. The monoisotopic (exact) mass is 371 g/mol. The molecule has 0 bridgehead atoms. The second-order valence-electron chi connectivity index (χ2n) is 6.24. The Morgan fingerprint density at radius 3 is 2.67 bits per heavy atom. The van der Waals surface area contributed by atoms with Crippen LogP contribution in [0, 0.1) is 18.6 Å². The molecule has 0 saturated carbocycles. The van der Waals surface area contributed by atoms with E-state index in [1.54, 1.807) is 35.3 Å². The first-order valence-electron chi connectivity index (χ1n) is 8.48. The van der Waals surface area contributed by atoms with E-state index >= 15 is 0 Å². The van der Waals surface area contributed by atoms with Crippen molar-refractivity contribution in [3.63, 3.8) is 0 Å². The first kappa shape index (κ1) is 18.7. The van der Waals surface area contributed by atoms with Crippen LogP contribution < -0.4 is 5.48 Å². The van der Waals surface area contributed by atoms with Crippen molar-refractivity contribution in [2.75, 3.05) is 0 Å². The summed E-state index contributed by atoms with van der Waals surface area (Å²) in [7, 11) is 0. The molecule has 0 aliphatic rings. The van der Waals surface area contributed by atoms with Gasteiger partial charge in [0.15, 0.2) is 0 Å². The van der Waals surface area contributed by atoms with E-state index in [0.717, 1.165) is 5.56 Å². The van der Waals surface area contributed by atoms with Gasteiger partial charge in [0.05, 0.1) is 18.3 Å². The third-order valence-corrected chi connectivity index (χ3v) is 4.49. The van der Waals surface area contributed by atoms with Crippen molar-refractivity contribution in [3.8, 4) is 5.69 Å². The van der Waals surface area contributed by atoms with Gasteiger partial charge in [0, 0.05) is 11.3 Å². The number of aryl methyl sites for hydroxylation is 1. The highest BCUT2D eigenvalue weighted by Crippen LogP contribution is 2.20. The summed E-state index contributed by atoms with van der Waals surface area (Å²) < 4.78 is 29.0. The van der Waals surface area contributed by atoms with Crippen molar-refractivity contribution in [3.05, 3.63) is 82.7 Å². The lowest BCUT2D eigenvalue weighted by Gasteiger charge is -2.11. The molecular formula is C20H19F2N3O2. The third kappa shape index (κ3) is 4.20. The number of hydrogen-bond acceptors (Lipinski definition) is 3. The standard InChI is InChI=1S/C20H19F2N3O2/c1-13-14(4-2-7-18(13)22)8-9-19-15(10-20(26)24-27)12-23-25(19)17-6-3-5-16(21)11-17/h2-7,11-12,27H,8-10H2,1H3,(H,24,26). The van der Waals surface area contributed by atoms with E-state index in [1.807, 2.05) is 6.07 Å². The molecule has 1 amide bonds. The fourth-order valence-electron chi connectivity index (χ4n) is 3.04. The first-order valence-corrected chi connectivity index (χ1v) is 8.48. The van der Waals surface area contributed by atoms with Crippen LogP contribution in [0.2, 0.25) is 0 Å². The van der Waals surface area contributed by atoms with E-state index < -0.39 is 11.7 Å². The lowest BCUT2D eigenvalue weighted by atomic mass is 10.0. The molecule has 27 heavy (non-hydrogen) atoms. The van der Waals surface area contributed by atoms with Crippen LogP contribution >= 0.6 is 0 Å². The Morgan fingerprint density at radius 1 is 1.15 bits per heavy atom. The molecule has 0 fully saturated rings. The molecule has 3 aromatic rings. The van der Waals surface area contributed by atoms with Crippen molar-refractivity contribution in [1.29, 1.82) is 0 Å². The molecule has 1 aromatic heterocycles. The molecule has 0 aliphatic heterocycles. The number of halogens is 2. The van der Waals surface area contributed by atoms with Gasteiger partial charge in [-0.15, -0.1) is 0 Å². The van der Waals surface area contributed by atoms with Crippen LogP contribution in [0.4, 0.5) is 8.78 Å². The Kier molecular flexibility index (Phi) is 5.61. The summed E-state index contributed by atoms with van der Waals surface area (Å²) in [6, 6.07) is 10.9. The predicted molar refractivity (Wildman–Crippen MR) is 95.7 cm³/mol. The topological polar surface area (TPSA) is 67.2 Å². The molecule has 1 heterocycles. The average Bonchev–Trinajstić information content (AvgIpc) is 3.05.